The summed E-state index contributed by atoms with van der Waals surface area (Å²) >= 11 is 5.73. The van der Waals surface area contributed by atoms with Gasteiger partial charge in [-0.1, -0.05) is 11.6 Å². The largest absolute Gasteiger partial charge is 0.416 e. The van der Waals surface area contributed by atoms with E-state index in [1.165, 1.54) is 0 Å². The van der Waals surface area contributed by atoms with E-state index in [1.807, 2.05) is 4.90 Å². The van der Waals surface area contributed by atoms with E-state index < -0.39 is 11.7 Å². The van der Waals surface area contributed by atoms with Crippen LogP contribution in [0.1, 0.15) is 17.5 Å². The van der Waals surface area contributed by atoms with Crippen molar-refractivity contribution in [3.05, 3.63) is 34.3 Å². The molecule has 100 valence electrons. The van der Waals surface area contributed by atoms with Crippen molar-refractivity contribution in [2.45, 2.75) is 25.2 Å². The maximum absolute atomic E-state index is 12.6. The first-order valence-corrected chi connectivity index (χ1v) is 6.07. The Hall–Kier alpha value is -0.780. The lowest BCUT2D eigenvalue weighted by Crippen LogP contribution is -2.26. The molecule has 0 aromatic heterocycles. The molecule has 2 nitrogen and oxygen atoms in total. The van der Waals surface area contributed by atoms with E-state index in [-0.39, 0.29) is 11.1 Å². The number of nitrogens with two attached hydrogens (primary N) is 1. The molecule has 2 rings (SSSR count). The molecule has 0 amide bonds. The highest BCUT2D eigenvalue weighted by Gasteiger charge is 2.31. The third-order valence-corrected chi connectivity index (χ3v) is 3.22. The van der Waals surface area contributed by atoms with E-state index in [0.717, 1.165) is 25.1 Å². The molecular formula is C12H14ClF3N2. The number of rotatable bonds is 2. The van der Waals surface area contributed by atoms with E-state index in [1.54, 1.807) is 6.07 Å². The summed E-state index contributed by atoms with van der Waals surface area (Å²) in [6, 6.07) is 3.78. The molecule has 6 heteroatoms. The average molecular weight is 279 g/mol. The van der Waals surface area contributed by atoms with Crippen molar-refractivity contribution in [3.8, 4) is 0 Å². The third-order valence-electron chi connectivity index (χ3n) is 3.00. The highest BCUT2D eigenvalue weighted by Crippen LogP contribution is 2.32. The van der Waals surface area contributed by atoms with Gasteiger partial charge in [0, 0.05) is 30.7 Å². The highest BCUT2D eigenvalue weighted by molar-refractivity contribution is 6.30. The number of alkyl halides is 3. The van der Waals surface area contributed by atoms with Gasteiger partial charge in [-0.25, -0.2) is 0 Å². The minimum atomic E-state index is -4.36. The molecule has 0 bridgehead atoms. The first-order valence-electron chi connectivity index (χ1n) is 5.69. The summed E-state index contributed by atoms with van der Waals surface area (Å²) in [4.78, 5) is 2.04. The van der Waals surface area contributed by atoms with Crippen molar-refractivity contribution in [1.82, 2.24) is 4.90 Å². The maximum Gasteiger partial charge on any atom is 0.416 e. The Balaban J connectivity index is 2.15. The molecule has 1 aliphatic heterocycles. The monoisotopic (exact) mass is 278 g/mol. The van der Waals surface area contributed by atoms with Gasteiger partial charge >= 0.3 is 6.18 Å². The number of hydrogen-bond donors (Lipinski definition) is 1. The van der Waals surface area contributed by atoms with Crippen LogP contribution in [0.15, 0.2) is 18.2 Å². The van der Waals surface area contributed by atoms with Crippen LogP contribution in [-0.4, -0.2) is 24.0 Å². The molecule has 0 unspecified atom stereocenters. The maximum atomic E-state index is 12.6. The smallest absolute Gasteiger partial charge is 0.326 e. The Kier molecular flexibility index (Phi) is 3.84. The van der Waals surface area contributed by atoms with E-state index in [9.17, 15) is 13.2 Å². The van der Waals surface area contributed by atoms with Crippen molar-refractivity contribution in [2.75, 3.05) is 13.1 Å². The molecule has 0 aliphatic carbocycles. The SMILES string of the molecule is N[C@H]1CCN(Cc2cc(Cl)cc(C(F)(F)F)c2)C1. The number of nitrogens with zero attached hydrogens (tertiary/aromatic N) is 1. The lowest BCUT2D eigenvalue weighted by Gasteiger charge is -2.16. The second-order valence-electron chi connectivity index (χ2n) is 4.63. The zero-order valence-corrected chi connectivity index (χ0v) is 10.4. The summed E-state index contributed by atoms with van der Waals surface area (Å²) in [6.45, 7) is 1.99. The average Bonchev–Trinajstić information content (AvgIpc) is 2.61. The summed E-state index contributed by atoms with van der Waals surface area (Å²) in [5.74, 6) is 0. The van der Waals surface area contributed by atoms with Gasteiger partial charge in [-0.05, 0) is 30.2 Å². The van der Waals surface area contributed by atoms with Gasteiger partial charge in [0.2, 0.25) is 0 Å². The van der Waals surface area contributed by atoms with Crippen LogP contribution in [-0.2, 0) is 12.7 Å². The van der Waals surface area contributed by atoms with Gasteiger partial charge in [-0.3, -0.25) is 4.90 Å². The van der Waals surface area contributed by atoms with Crippen molar-refractivity contribution in [3.63, 3.8) is 0 Å². The summed E-state index contributed by atoms with van der Waals surface area (Å²) < 4.78 is 37.9. The van der Waals surface area contributed by atoms with Gasteiger partial charge in [0.1, 0.15) is 0 Å². The van der Waals surface area contributed by atoms with Crippen molar-refractivity contribution < 1.29 is 13.2 Å². The highest BCUT2D eigenvalue weighted by atomic mass is 35.5. The van der Waals surface area contributed by atoms with Gasteiger partial charge in [-0.2, -0.15) is 13.2 Å². The molecular weight excluding hydrogens is 265 g/mol. The summed E-state index contributed by atoms with van der Waals surface area (Å²) in [5.41, 5.74) is 5.63. The Morgan fingerprint density at radius 1 is 1.33 bits per heavy atom. The molecule has 18 heavy (non-hydrogen) atoms. The van der Waals surface area contributed by atoms with Crippen LogP contribution in [0.5, 0.6) is 0 Å². The Morgan fingerprint density at radius 3 is 2.61 bits per heavy atom. The first-order chi connectivity index (χ1) is 8.34. The number of benzene rings is 1. The molecule has 1 atom stereocenters. The van der Waals surface area contributed by atoms with E-state index in [0.29, 0.717) is 18.7 Å². The number of halogens is 4. The Labute approximate surface area is 109 Å². The number of hydrogen-bond acceptors (Lipinski definition) is 2. The van der Waals surface area contributed by atoms with Crippen molar-refractivity contribution in [2.24, 2.45) is 5.73 Å². The van der Waals surface area contributed by atoms with Crippen LogP contribution in [0.2, 0.25) is 5.02 Å². The Morgan fingerprint density at radius 2 is 2.06 bits per heavy atom. The quantitative estimate of drug-likeness (QED) is 0.901. The first kappa shape index (κ1) is 13.6. The van der Waals surface area contributed by atoms with Crippen LogP contribution in [0.25, 0.3) is 0 Å². The molecule has 1 aromatic rings. The Bertz CT molecular complexity index is 434. The lowest BCUT2D eigenvalue weighted by atomic mass is 10.1. The normalized spacial score (nSPS) is 21.5. The van der Waals surface area contributed by atoms with Gasteiger partial charge in [0.05, 0.1) is 5.56 Å². The zero-order valence-electron chi connectivity index (χ0n) is 9.67. The van der Waals surface area contributed by atoms with Crippen molar-refractivity contribution >= 4 is 11.6 Å². The third kappa shape index (κ3) is 3.37. The lowest BCUT2D eigenvalue weighted by molar-refractivity contribution is -0.137. The molecule has 2 N–H and O–H groups in total. The van der Waals surface area contributed by atoms with Crippen LogP contribution in [0, 0.1) is 0 Å². The van der Waals surface area contributed by atoms with Crippen molar-refractivity contribution in [1.29, 1.82) is 0 Å². The van der Waals surface area contributed by atoms with Crippen LogP contribution in [0.4, 0.5) is 13.2 Å². The molecule has 1 heterocycles. The van der Waals surface area contributed by atoms with Gasteiger partial charge in [-0.15, -0.1) is 0 Å². The standard InChI is InChI=1S/C12H14ClF3N2/c13-10-4-8(3-9(5-10)12(14,15)16)6-18-2-1-11(17)7-18/h3-5,11H,1-2,6-7,17H2/t11-/m0/s1. The van der Waals surface area contributed by atoms with Gasteiger partial charge in [0.15, 0.2) is 0 Å². The molecule has 0 spiro atoms. The number of likely N-dealkylation sites (tertiary alicyclic amines) is 1. The van der Waals surface area contributed by atoms with E-state index in [4.69, 9.17) is 17.3 Å². The fraction of sp³-hybridized carbons (Fsp3) is 0.500. The van der Waals surface area contributed by atoms with E-state index in [2.05, 4.69) is 0 Å². The topological polar surface area (TPSA) is 29.3 Å². The summed E-state index contributed by atoms with van der Waals surface area (Å²) in [6.07, 6.45) is -3.48. The molecule has 1 aromatic carbocycles. The fourth-order valence-corrected chi connectivity index (χ4v) is 2.43. The zero-order chi connectivity index (χ0) is 13.3. The fourth-order valence-electron chi connectivity index (χ4n) is 2.17. The minimum absolute atomic E-state index is 0.114. The molecule has 1 saturated heterocycles. The minimum Gasteiger partial charge on any atom is -0.326 e. The van der Waals surface area contributed by atoms with Gasteiger partial charge < -0.3 is 5.73 Å². The van der Waals surface area contributed by atoms with Gasteiger partial charge in [0.25, 0.3) is 0 Å². The molecule has 0 radical (unpaired) electrons. The predicted octanol–water partition coefficient (Wildman–Crippen LogP) is 2.89. The second-order valence-corrected chi connectivity index (χ2v) is 5.07. The molecule has 1 aliphatic rings. The predicted molar refractivity (Wildman–Crippen MR) is 64.3 cm³/mol. The summed E-state index contributed by atoms with van der Waals surface area (Å²) in [7, 11) is 0. The van der Waals surface area contributed by atoms with Crippen LogP contribution in [0.3, 0.4) is 0 Å². The summed E-state index contributed by atoms with van der Waals surface area (Å²) in [5, 5.41) is 0.114. The van der Waals surface area contributed by atoms with E-state index >= 15 is 0 Å². The second kappa shape index (κ2) is 5.07. The van der Waals surface area contributed by atoms with Crippen LogP contribution < -0.4 is 5.73 Å². The molecule has 1 fully saturated rings. The molecule has 0 saturated carbocycles. The van der Waals surface area contributed by atoms with Crippen LogP contribution >= 0.6 is 11.6 Å².